The van der Waals surface area contributed by atoms with E-state index in [4.69, 9.17) is 10.5 Å². The Morgan fingerprint density at radius 3 is 2.57 bits per heavy atom. The van der Waals surface area contributed by atoms with Gasteiger partial charge >= 0.3 is 5.97 Å². The van der Waals surface area contributed by atoms with Crippen molar-refractivity contribution < 1.29 is 9.53 Å². The molecule has 0 aromatic carbocycles. The third-order valence-electron chi connectivity index (χ3n) is 3.89. The fraction of sp³-hybridized carbons (Fsp3) is 0.909. The zero-order valence-electron chi connectivity index (χ0n) is 8.84. The maximum atomic E-state index is 11.7. The summed E-state index contributed by atoms with van der Waals surface area (Å²) in [6.45, 7) is 2.27. The van der Waals surface area contributed by atoms with Crippen molar-refractivity contribution >= 4 is 5.97 Å². The van der Waals surface area contributed by atoms with Gasteiger partial charge in [0.1, 0.15) is 5.54 Å². The molecule has 0 amide bonds. The largest absolute Gasteiger partial charge is 0.465 e. The fourth-order valence-corrected chi connectivity index (χ4v) is 2.89. The van der Waals surface area contributed by atoms with Gasteiger partial charge in [-0.3, -0.25) is 4.79 Å². The number of carbonyl (C=O) groups is 1. The van der Waals surface area contributed by atoms with Gasteiger partial charge in [-0.2, -0.15) is 0 Å². The van der Waals surface area contributed by atoms with Crippen LogP contribution in [0, 0.1) is 5.41 Å². The van der Waals surface area contributed by atoms with Crippen molar-refractivity contribution in [3.05, 3.63) is 0 Å². The molecule has 0 aliphatic heterocycles. The first-order valence-electron chi connectivity index (χ1n) is 5.61. The van der Waals surface area contributed by atoms with E-state index in [2.05, 4.69) is 0 Å². The summed E-state index contributed by atoms with van der Waals surface area (Å²) in [5.41, 5.74) is 5.58. The van der Waals surface area contributed by atoms with Crippen LogP contribution in [-0.2, 0) is 9.53 Å². The molecule has 0 heterocycles. The maximum Gasteiger partial charge on any atom is 0.326 e. The van der Waals surface area contributed by atoms with Gasteiger partial charge in [0.2, 0.25) is 0 Å². The van der Waals surface area contributed by atoms with Crippen molar-refractivity contribution in [1.29, 1.82) is 0 Å². The predicted molar refractivity (Wildman–Crippen MR) is 53.7 cm³/mol. The highest BCUT2D eigenvalue weighted by molar-refractivity contribution is 5.86. The van der Waals surface area contributed by atoms with Crippen LogP contribution in [-0.4, -0.2) is 18.1 Å². The Morgan fingerprint density at radius 1 is 1.36 bits per heavy atom. The smallest absolute Gasteiger partial charge is 0.326 e. The SMILES string of the molecule is CCOC(=O)C1(N)CC12CCCCC2. The first kappa shape index (κ1) is 9.97. The third-order valence-corrected chi connectivity index (χ3v) is 3.89. The lowest BCUT2D eigenvalue weighted by molar-refractivity contribution is -0.147. The fourth-order valence-electron chi connectivity index (χ4n) is 2.89. The summed E-state index contributed by atoms with van der Waals surface area (Å²) in [5, 5.41) is 0. The molecule has 2 fully saturated rings. The van der Waals surface area contributed by atoms with Crippen molar-refractivity contribution in [1.82, 2.24) is 0 Å². The maximum absolute atomic E-state index is 11.7. The van der Waals surface area contributed by atoms with Crippen LogP contribution in [0.5, 0.6) is 0 Å². The molecule has 1 spiro atoms. The normalized spacial score (nSPS) is 34.1. The Labute approximate surface area is 85.0 Å². The van der Waals surface area contributed by atoms with E-state index in [9.17, 15) is 4.79 Å². The molecule has 2 saturated carbocycles. The summed E-state index contributed by atoms with van der Waals surface area (Å²) >= 11 is 0. The molecular formula is C11H19NO2. The number of nitrogens with two attached hydrogens (primary N) is 1. The van der Waals surface area contributed by atoms with Gasteiger partial charge < -0.3 is 10.5 Å². The van der Waals surface area contributed by atoms with Crippen molar-refractivity contribution in [3.8, 4) is 0 Å². The van der Waals surface area contributed by atoms with E-state index in [1.54, 1.807) is 0 Å². The summed E-state index contributed by atoms with van der Waals surface area (Å²) in [5.74, 6) is -0.179. The second-order valence-corrected chi connectivity index (χ2v) is 4.71. The molecule has 2 N–H and O–H groups in total. The lowest BCUT2D eigenvalue weighted by Crippen LogP contribution is -2.41. The van der Waals surface area contributed by atoms with E-state index < -0.39 is 5.54 Å². The lowest BCUT2D eigenvalue weighted by Gasteiger charge is -2.25. The summed E-state index contributed by atoms with van der Waals surface area (Å²) < 4.78 is 5.03. The summed E-state index contributed by atoms with van der Waals surface area (Å²) in [6.07, 6.45) is 6.81. The van der Waals surface area contributed by atoms with Crippen molar-refractivity contribution in [2.75, 3.05) is 6.61 Å². The molecule has 0 aromatic rings. The number of hydrogen-bond acceptors (Lipinski definition) is 3. The van der Waals surface area contributed by atoms with E-state index in [0.29, 0.717) is 6.61 Å². The molecule has 80 valence electrons. The standard InChI is InChI=1S/C11H19NO2/c1-2-14-9(13)11(12)8-10(11)6-4-3-5-7-10/h2-8,12H2,1H3. The van der Waals surface area contributed by atoms with E-state index >= 15 is 0 Å². The first-order chi connectivity index (χ1) is 6.65. The van der Waals surface area contributed by atoms with Crippen molar-refractivity contribution in [2.24, 2.45) is 11.1 Å². The Morgan fingerprint density at radius 2 is 2.00 bits per heavy atom. The minimum Gasteiger partial charge on any atom is -0.465 e. The number of rotatable bonds is 2. The van der Waals surface area contributed by atoms with Crippen LogP contribution in [0.2, 0.25) is 0 Å². The highest BCUT2D eigenvalue weighted by atomic mass is 16.5. The molecule has 0 aromatic heterocycles. The van der Waals surface area contributed by atoms with Gasteiger partial charge in [-0.05, 0) is 26.2 Å². The van der Waals surface area contributed by atoms with E-state index in [0.717, 1.165) is 19.3 Å². The number of hydrogen-bond donors (Lipinski definition) is 1. The molecule has 0 radical (unpaired) electrons. The average Bonchev–Trinajstić information content (AvgIpc) is 2.74. The van der Waals surface area contributed by atoms with E-state index in [1.165, 1.54) is 19.3 Å². The minimum atomic E-state index is -0.635. The summed E-state index contributed by atoms with van der Waals surface area (Å²) in [6, 6.07) is 0. The minimum absolute atomic E-state index is 0.109. The van der Waals surface area contributed by atoms with Crippen LogP contribution in [0.15, 0.2) is 0 Å². The van der Waals surface area contributed by atoms with E-state index in [-0.39, 0.29) is 11.4 Å². The van der Waals surface area contributed by atoms with Crippen LogP contribution in [0.25, 0.3) is 0 Å². The van der Waals surface area contributed by atoms with Crippen LogP contribution in [0.3, 0.4) is 0 Å². The zero-order chi connectivity index (χ0) is 10.2. The van der Waals surface area contributed by atoms with Crippen molar-refractivity contribution in [3.63, 3.8) is 0 Å². The topological polar surface area (TPSA) is 52.3 Å². The Hall–Kier alpha value is -0.570. The molecule has 0 bridgehead atoms. The highest BCUT2D eigenvalue weighted by Gasteiger charge is 2.69. The zero-order valence-corrected chi connectivity index (χ0v) is 8.84. The predicted octanol–water partition coefficient (Wildman–Crippen LogP) is 1.60. The van der Waals surface area contributed by atoms with E-state index in [1.807, 2.05) is 6.92 Å². The van der Waals surface area contributed by atoms with Gasteiger partial charge in [-0.15, -0.1) is 0 Å². The van der Waals surface area contributed by atoms with Gasteiger partial charge in [0.05, 0.1) is 6.61 Å². The quantitative estimate of drug-likeness (QED) is 0.684. The Balaban J connectivity index is 2.02. The molecule has 2 rings (SSSR count). The second kappa shape index (κ2) is 3.23. The number of ether oxygens (including phenoxy) is 1. The monoisotopic (exact) mass is 197 g/mol. The third kappa shape index (κ3) is 1.26. The van der Waals surface area contributed by atoms with Crippen LogP contribution >= 0.6 is 0 Å². The Kier molecular flexibility index (Phi) is 2.30. The highest BCUT2D eigenvalue weighted by Crippen LogP contribution is 2.63. The molecule has 3 heteroatoms. The molecule has 2 aliphatic carbocycles. The van der Waals surface area contributed by atoms with Crippen molar-refractivity contribution in [2.45, 2.75) is 51.0 Å². The molecule has 1 atom stereocenters. The molecule has 0 saturated heterocycles. The molecule has 14 heavy (non-hydrogen) atoms. The molecule has 2 aliphatic rings. The van der Waals surface area contributed by atoms with Crippen LogP contribution < -0.4 is 5.73 Å². The molecular weight excluding hydrogens is 178 g/mol. The second-order valence-electron chi connectivity index (χ2n) is 4.71. The van der Waals surface area contributed by atoms with Crippen LogP contribution in [0.4, 0.5) is 0 Å². The Bertz CT molecular complexity index is 246. The molecule has 1 unspecified atom stereocenters. The molecule has 3 nitrogen and oxygen atoms in total. The van der Waals surface area contributed by atoms with Gasteiger partial charge in [0.25, 0.3) is 0 Å². The lowest BCUT2D eigenvalue weighted by atomic mass is 9.82. The van der Waals surface area contributed by atoms with Crippen LogP contribution in [0.1, 0.15) is 45.4 Å². The van der Waals surface area contributed by atoms with Gasteiger partial charge in [-0.1, -0.05) is 19.3 Å². The van der Waals surface area contributed by atoms with Gasteiger partial charge in [-0.25, -0.2) is 0 Å². The average molecular weight is 197 g/mol. The summed E-state index contributed by atoms with van der Waals surface area (Å²) in [7, 11) is 0. The summed E-state index contributed by atoms with van der Waals surface area (Å²) in [4.78, 5) is 11.7. The number of esters is 1. The van der Waals surface area contributed by atoms with Gasteiger partial charge in [0.15, 0.2) is 0 Å². The van der Waals surface area contributed by atoms with Gasteiger partial charge in [0, 0.05) is 5.41 Å². The number of carbonyl (C=O) groups excluding carboxylic acids is 1. The first-order valence-corrected chi connectivity index (χ1v) is 5.61.